The molecule has 3 aromatic rings. The van der Waals surface area contributed by atoms with E-state index in [0.29, 0.717) is 33.7 Å². The molecule has 1 heterocycles. The minimum absolute atomic E-state index is 0.149. The third-order valence-electron chi connectivity index (χ3n) is 27.0. The molecule has 0 saturated heterocycles. The zero-order valence-corrected chi connectivity index (χ0v) is 82.5. The number of halogens is 2. The molecule has 0 spiro atoms. The van der Waals surface area contributed by atoms with Gasteiger partial charge in [-0.25, -0.2) is 0 Å². The van der Waals surface area contributed by atoms with Crippen LogP contribution in [0.15, 0.2) is 25.3 Å². The first-order valence-corrected chi connectivity index (χ1v) is 68.2. The van der Waals surface area contributed by atoms with Crippen molar-refractivity contribution in [3.05, 3.63) is 55.2 Å². The van der Waals surface area contributed by atoms with Crippen LogP contribution in [0.1, 0.15) is 494 Å². The zero-order valence-electron chi connectivity index (χ0n) is 73.4. The summed E-state index contributed by atoms with van der Waals surface area (Å²) in [4.78, 5) is 7.59. The normalized spacial score (nSPS) is 15.0. The fourth-order valence-electron chi connectivity index (χ4n) is 20.4. The van der Waals surface area contributed by atoms with Crippen molar-refractivity contribution in [2.45, 2.75) is 511 Å². The van der Waals surface area contributed by atoms with E-state index in [9.17, 15) is 5.41 Å². The number of aromatic nitrogens is 2. The van der Waals surface area contributed by atoms with Crippen molar-refractivity contribution in [1.82, 2.24) is 7.96 Å². The third kappa shape index (κ3) is 30.3. The molecule has 109 heavy (non-hydrogen) atoms. The topological polar surface area (TPSA) is 62.0 Å². The van der Waals surface area contributed by atoms with Crippen molar-refractivity contribution >= 4 is 99.6 Å². The minimum Gasteiger partial charge on any atom is -0.0654 e. The number of unbranched alkanes of at least 4 members (excludes halogenated alkanes) is 55. The molecule has 0 amide bonds. The molecule has 0 saturated carbocycles. The van der Waals surface area contributed by atoms with Gasteiger partial charge in [0.1, 0.15) is 0 Å². The van der Waals surface area contributed by atoms with Crippen LogP contribution >= 0.6 is 0 Å². The Bertz CT molecular complexity index is 2970. The summed E-state index contributed by atoms with van der Waals surface area (Å²) in [6, 6.07) is 2.55. The number of benzene rings is 2. The number of nitrogens with zero attached hydrogens (tertiary/aromatic N) is 3. The second-order valence-corrected chi connectivity index (χ2v) is 66.0. The Hall–Kier alpha value is -0.644. The Morgan fingerprint density at radius 1 is 0.367 bits per heavy atom. The van der Waals surface area contributed by atoms with Crippen LogP contribution in [0.25, 0.3) is 27.7 Å². The summed E-state index contributed by atoms with van der Waals surface area (Å²) in [7, 11) is 0. The van der Waals surface area contributed by atoms with Gasteiger partial charge in [0.2, 0.25) is 0 Å². The van der Waals surface area contributed by atoms with Crippen molar-refractivity contribution in [1.29, 1.82) is 5.41 Å². The fraction of sp³-hybridized carbons (Fsp3) is 0.818. The van der Waals surface area contributed by atoms with E-state index in [0.717, 1.165) is 124 Å². The summed E-state index contributed by atoms with van der Waals surface area (Å²) < 4.78 is 64.5. The van der Waals surface area contributed by atoms with Crippen LogP contribution in [-0.4, -0.2) is 87.3 Å². The molecule has 0 unspecified atom stereocenters. The molecule has 3 aliphatic rings. The number of hydrogen-bond donors (Lipinski definition) is 1. The smallest absolute Gasteiger partial charge is 0.0654 e. The van der Waals surface area contributed by atoms with Crippen molar-refractivity contribution in [2.24, 2.45) is 4.01 Å². The van der Waals surface area contributed by atoms with Crippen LogP contribution in [0.5, 0.6) is 0 Å². The van der Waals surface area contributed by atoms with E-state index in [-0.39, 0.29) is 26.6 Å². The Labute approximate surface area is 696 Å². The second-order valence-electron chi connectivity index (χ2n) is 37.0. The maximum atomic E-state index is 21.0. The van der Waals surface area contributed by atoms with Gasteiger partial charge in [0, 0.05) is 0 Å². The summed E-state index contributed by atoms with van der Waals surface area (Å²) in [5.74, 6) is -0.322. The average molecular weight is 1850 g/mol. The van der Waals surface area contributed by atoms with Crippen LogP contribution in [0, 0.1) is 17.0 Å². The van der Waals surface area contributed by atoms with Gasteiger partial charge in [-0.3, -0.25) is 0 Å². The zero-order chi connectivity index (χ0) is 78.3. The maximum absolute atomic E-state index is 21.0. The second kappa shape index (κ2) is 56.7. The van der Waals surface area contributed by atoms with Crippen LogP contribution < -0.4 is 3.58 Å². The summed E-state index contributed by atoms with van der Waals surface area (Å²) in [5, 5.41) is 10.9. The molecule has 4 nitrogen and oxygen atoms in total. The van der Waals surface area contributed by atoms with Gasteiger partial charge in [0.15, 0.2) is 0 Å². The first-order chi connectivity index (χ1) is 53.3. The molecule has 3 aliphatic carbocycles. The molecule has 0 fully saturated rings. The van der Waals surface area contributed by atoms with Gasteiger partial charge < -0.3 is 0 Å². The van der Waals surface area contributed by atoms with Crippen LogP contribution in [-0.2, 0) is 10.8 Å². The number of hydrogen-bond acceptors (Lipinski definition) is 4. The summed E-state index contributed by atoms with van der Waals surface area (Å²) >= 11 is -3.63. The van der Waals surface area contributed by atoms with Crippen molar-refractivity contribution in [3.8, 4) is 11.1 Å². The molecule has 1 N–H and O–H groups in total. The van der Waals surface area contributed by atoms with E-state index in [1.807, 2.05) is 0 Å². The first-order valence-electron chi connectivity index (χ1n) is 48.4. The number of allylic oxidation sites excluding steroid dienone is 4. The van der Waals surface area contributed by atoms with Gasteiger partial charge in [0.25, 0.3) is 0 Å². The van der Waals surface area contributed by atoms with Crippen LogP contribution in [0.4, 0.5) is 8.78 Å². The standard InChI is InChI=1S/C84H135F2N4Se2.3C4H9.3CH3.2Sn/c1-5-9-13-17-21-25-29-33-37-41-45-49-53-57-65-83(66-58-54-50-46-42-38-34-30-26-22-18-14-10-6-2)69-61-63-71(87)81(88-91)73(69)75-77(83)80(86)76-74-70(62-64-72-82(74)90-92-89-72)84(78(76)79(75)85,67-59-55-51-47-43-39-35-31-27-23-19-15-11-7-3)68-60-56-52-48-44-40-36-32-28-24-20-16-12-8-4;3*1-3-4-2;;;;;/h61-62,87H,5-60,65-68H2,1-4H3;3*1,3-4H2,2H3;3*1H3;;/b87-71?,88-81+;;;;;;;;. The van der Waals surface area contributed by atoms with E-state index < -0.39 is 47.6 Å². The molecule has 1 aromatic heterocycles. The van der Waals surface area contributed by atoms with E-state index in [2.05, 4.69) is 91.7 Å². The molecule has 621 valence electrons. The first kappa shape index (κ1) is 97.2. The third-order valence-corrected chi connectivity index (χ3v) is 49.8. The summed E-state index contributed by atoms with van der Waals surface area (Å²) in [5.41, 5.74) is 8.06. The predicted octanol–water partition coefficient (Wildman–Crippen LogP) is 33.1. The molecule has 0 aliphatic heterocycles. The van der Waals surface area contributed by atoms with Gasteiger partial charge in [-0.05, 0) is 0 Å². The van der Waals surface area contributed by atoms with E-state index >= 15 is 8.78 Å². The van der Waals surface area contributed by atoms with Crippen molar-refractivity contribution < 1.29 is 8.78 Å². The van der Waals surface area contributed by atoms with Gasteiger partial charge in [-0.2, -0.15) is 0 Å². The van der Waals surface area contributed by atoms with E-state index in [1.54, 1.807) is 0 Å². The molecular weight excluding hydrogens is 1680 g/mol. The molecule has 1 radical (unpaired) electrons. The Morgan fingerprint density at radius 3 is 0.945 bits per heavy atom. The Kier molecular flexibility index (Phi) is 50.6. The predicted molar refractivity (Wildman–Crippen MR) is 488 cm³/mol. The number of rotatable bonds is 71. The van der Waals surface area contributed by atoms with Gasteiger partial charge in [0.05, 0.1) is 0 Å². The fourth-order valence-corrected chi connectivity index (χ4v) is 43.0. The van der Waals surface area contributed by atoms with Gasteiger partial charge in [-0.15, -0.1) is 0 Å². The molecular formula is C99H171F2N4Se2Sn2. The monoisotopic (exact) mass is 1850 g/mol. The molecule has 0 atom stereocenters. The van der Waals surface area contributed by atoms with E-state index in [1.165, 1.54) is 354 Å². The molecule has 2 aromatic carbocycles. The van der Waals surface area contributed by atoms with Crippen molar-refractivity contribution in [2.75, 3.05) is 0 Å². The number of fused-ring (bicyclic) bond motifs is 7. The van der Waals surface area contributed by atoms with Gasteiger partial charge in [-0.1, -0.05) is 207 Å². The number of nitrogens with one attached hydrogen (secondary N) is 1. The quantitative estimate of drug-likeness (QED) is 0.0348. The molecule has 6 rings (SSSR count). The van der Waals surface area contributed by atoms with Gasteiger partial charge >= 0.3 is 496 Å². The summed E-state index contributed by atoms with van der Waals surface area (Å²) in [6.45, 7) is 16.3. The SMILES string of the molecule is CCCCCCCCCCCCCCCCC1(CCCCCCCCCCCCCCCC)C2=C(/C(=N/[Se])C(=N)[C]([Sn]([CH2]CCC)([CH2]CCC)[CH2]CCC)=C2)c2c(F)c3c(c(F)c21)-c1c(c[c]([Sn]([CH3])([CH3])[CH3])c2n[se]nc12)C3(CCCCCCCCCCCCCCCC)CCCCCCCCCCCCCCCC. The van der Waals surface area contributed by atoms with E-state index in [4.69, 9.17) is 12.0 Å². The van der Waals surface area contributed by atoms with Crippen LogP contribution in [0.3, 0.4) is 0 Å². The van der Waals surface area contributed by atoms with Crippen molar-refractivity contribution in [3.63, 3.8) is 0 Å². The molecule has 10 heteroatoms. The summed E-state index contributed by atoms with van der Waals surface area (Å²) in [6.07, 6.45) is 85.3. The average Bonchev–Trinajstić information content (AvgIpc) is 1.50. The Morgan fingerprint density at radius 2 is 0.642 bits per heavy atom. The van der Waals surface area contributed by atoms with Crippen LogP contribution in [0.2, 0.25) is 28.1 Å². The Balaban J connectivity index is 1.51. The minimum atomic E-state index is -3.48. The molecule has 0 bridgehead atoms.